The van der Waals surface area contributed by atoms with Gasteiger partial charge in [0.15, 0.2) is 4.93 Å². The minimum atomic E-state index is -4.51. The lowest BCUT2D eigenvalue weighted by molar-refractivity contribution is -0.161. The number of cyclic esters (lactones) is 1. The Kier molecular flexibility index (Phi) is 4.21. The molecule has 126 valence electrons. The highest BCUT2D eigenvalue weighted by Gasteiger charge is 2.50. The second-order valence-corrected chi connectivity index (χ2v) is 6.57. The van der Waals surface area contributed by atoms with Gasteiger partial charge in [-0.25, -0.2) is 4.79 Å². The average molecular weight is 354 g/mol. The number of hydrogen-bond donors (Lipinski definition) is 0. The van der Waals surface area contributed by atoms with E-state index in [0.717, 1.165) is 11.8 Å². The van der Waals surface area contributed by atoms with Gasteiger partial charge in [-0.1, -0.05) is 36.0 Å². The predicted octanol–water partition coefficient (Wildman–Crippen LogP) is 4.76. The second-order valence-electron chi connectivity index (χ2n) is 5.26. The van der Waals surface area contributed by atoms with Gasteiger partial charge in [0, 0.05) is 10.5 Å². The van der Waals surface area contributed by atoms with Crippen molar-refractivity contribution in [1.82, 2.24) is 0 Å². The summed E-state index contributed by atoms with van der Waals surface area (Å²) in [6.45, 7) is 0. The van der Waals surface area contributed by atoms with E-state index in [1.165, 1.54) is 25.3 Å². The number of hydrogen-bond acceptors (Lipinski definition) is 4. The molecule has 0 radical (unpaired) electrons. The van der Waals surface area contributed by atoms with Gasteiger partial charge in [0.1, 0.15) is 5.75 Å². The summed E-state index contributed by atoms with van der Waals surface area (Å²) in [6.07, 6.45) is -5.81. The van der Waals surface area contributed by atoms with Crippen molar-refractivity contribution in [2.24, 2.45) is 0 Å². The minimum Gasteiger partial charge on any atom is -0.497 e. The van der Waals surface area contributed by atoms with E-state index in [-0.39, 0.29) is 11.1 Å². The number of halogens is 3. The fraction of sp³-hybridized carbons (Fsp3) is 0.235. The van der Waals surface area contributed by atoms with Crippen molar-refractivity contribution in [2.75, 3.05) is 7.11 Å². The Morgan fingerprint density at radius 2 is 1.92 bits per heavy atom. The molecular formula is C17H13F3O3S. The fourth-order valence-corrected chi connectivity index (χ4v) is 3.90. The highest BCUT2D eigenvalue weighted by atomic mass is 32.2. The summed E-state index contributed by atoms with van der Waals surface area (Å²) in [4.78, 5) is 10.9. The van der Waals surface area contributed by atoms with Crippen LogP contribution in [0.2, 0.25) is 0 Å². The average Bonchev–Trinajstić information content (AvgIpc) is 2.53. The number of carbonyl (C=O) groups is 1. The molecule has 0 fully saturated rings. The zero-order valence-corrected chi connectivity index (χ0v) is 13.4. The standard InChI is InChI=1S/C17H13F3O3S/c1-22-12-6-4-5-11(9-12)16(10-17(18,19)20)23-15(21)13-7-2-3-8-14(13)24-16/h2-9H,10H2,1H3. The predicted molar refractivity (Wildman–Crippen MR) is 83.1 cm³/mol. The zero-order chi connectivity index (χ0) is 17.4. The molecule has 1 heterocycles. The molecule has 2 aromatic rings. The van der Waals surface area contributed by atoms with Gasteiger partial charge in [-0.2, -0.15) is 13.2 Å². The van der Waals surface area contributed by atoms with Gasteiger partial charge < -0.3 is 9.47 Å². The molecule has 24 heavy (non-hydrogen) atoms. The lowest BCUT2D eigenvalue weighted by Gasteiger charge is -2.37. The van der Waals surface area contributed by atoms with Crippen LogP contribution in [0.1, 0.15) is 22.3 Å². The van der Waals surface area contributed by atoms with Crippen molar-refractivity contribution in [3.05, 3.63) is 59.7 Å². The molecule has 3 nitrogen and oxygen atoms in total. The maximum atomic E-state index is 13.2. The topological polar surface area (TPSA) is 35.5 Å². The molecule has 2 aromatic carbocycles. The second kappa shape index (κ2) is 6.05. The molecule has 1 unspecified atom stereocenters. The minimum absolute atomic E-state index is 0.229. The highest BCUT2D eigenvalue weighted by Crippen LogP contribution is 2.53. The number of esters is 1. The van der Waals surface area contributed by atoms with E-state index in [9.17, 15) is 18.0 Å². The molecule has 7 heteroatoms. The molecule has 0 bridgehead atoms. The molecule has 0 N–H and O–H groups in total. The van der Waals surface area contributed by atoms with Crippen LogP contribution in [-0.2, 0) is 9.67 Å². The van der Waals surface area contributed by atoms with Crippen molar-refractivity contribution in [3.63, 3.8) is 0 Å². The monoisotopic (exact) mass is 354 g/mol. The first-order valence-electron chi connectivity index (χ1n) is 7.06. The molecule has 0 aromatic heterocycles. The third-order valence-corrected chi connectivity index (χ3v) is 4.95. The molecule has 1 aliphatic heterocycles. The van der Waals surface area contributed by atoms with Crippen LogP contribution in [0.5, 0.6) is 5.75 Å². The smallest absolute Gasteiger partial charge is 0.394 e. The molecule has 0 amide bonds. The SMILES string of the molecule is COc1cccc(C2(CC(F)(F)F)OC(=O)c3ccccc3S2)c1. The maximum Gasteiger partial charge on any atom is 0.394 e. The van der Waals surface area contributed by atoms with E-state index < -0.39 is 23.5 Å². The summed E-state index contributed by atoms with van der Waals surface area (Å²) >= 11 is 0.889. The van der Waals surface area contributed by atoms with Crippen LogP contribution in [0, 0.1) is 0 Å². The normalized spacial score (nSPS) is 20.2. The number of fused-ring (bicyclic) bond motifs is 1. The van der Waals surface area contributed by atoms with E-state index in [2.05, 4.69) is 0 Å². The Balaban J connectivity index is 2.12. The largest absolute Gasteiger partial charge is 0.497 e. The van der Waals surface area contributed by atoms with Crippen LogP contribution in [-0.4, -0.2) is 19.3 Å². The molecular weight excluding hydrogens is 341 g/mol. The lowest BCUT2D eigenvalue weighted by atomic mass is 10.0. The van der Waals surface area contributed by atoms with Crippen LogP contribution >= 0.6 is 11.8 Å². The van der Waals surface area contributed by atoms with Crippen LogP contribution in [0.15, 0.2) is 53.4 Å². The fourth-order valence-electron chi connectivity index (χ4n) is 2.54. The Hall–Kier alpha value is -2.15. The van der Waals surface area contributed by atoms with Crippen molar-refractivity contribution < 1.29 is 27.4 Å². The summed E-state index contributed by atoms with van der Waals surface area (Å²) in [5.41, 5.74) is 0.496. The maximum absolute atomic E-state index is 13.2. The van der Waals surface area contributed by atoms with Gasteiger partial charge in [-0.3, -0.25) is 0 Å². The quantitative estimate of drug-likeness (QED) is 0.745. The van der Waals surface area contributed by atoms with Crippen LogP contribution in [0.4, 0.5) is 13.2 Å². The molecule has 1 atom stereocenters. The lowest BCUT2D eigenvalue weighted by Crippen LogP contribution is -2.37. The van der Waals surface area contributed by atoms with Gasteiger partial charge >= 0.3 is 12.1 Å². The Morgan fingerprint density at radius 1 is 1.17 bits per heavy atom. The molecule has 1 aliphatic rings. The first kappa shape index (κ1) is 16.7. The van der Waals surface area contributed by atoms with E-state index in [0.29, 0.717) is 10.6 Å². The van der Waals surface area contributed by atoms with Crippen molar-refractivity contribution in [1.29, 1.82) is 0 Å². The summed E-state index contributed by atoms with van der Waals surface area (Å²) in [5.74, 6) is -0.374. The first-order chi connectivity index (χ1) is 11.3. The molecule has 0 saturated carbocycles. The Labute approximate surface area is 140 Å². The van der Waals surface area contributed by atoms with Crippen LogP contribution < -0.4 is 4.74 Å². The third-order valence-electron chi connectivity index (χ3n) is 3.58. The van der Waals surface area contributed by atoms with E-state index in [1.807, 2.05) is 0 Å². The van der Waals surface area contributed by atoms with Crippen molar-refractivity contribution >= 4 is 17.7 Å². The zero-order valence-electron chi connectivity index (χ0n) is 12.6. The Morgan fingerprint density at radius 3 is 2.62 bits per heavy atom. The van der Waals surface area contributed by atoms with Crippen molar-refractivity contribution in [3.8, 4) is 5.75 Å². The Bertz CT molecular complexity index is 776. The highest BCUT2D eigenvalue weighted by molar-refractivity contribution is 8.00. The summed E-state index contributed by atoms with van der Waals surface area (Å²) in [6, 6.07) is 12.6. The number of rotatable bonds is 3. The third kappa shape index (κ3) is 3.21. The number of methoxy groups -OCH3 is 1. The molecule has 3 rings (SSSR count). The van der Waals surface area contributed by atoms with E-state index in [4.69, 9.17) is 9.47 Å². The number of thioether (sulfide) groups is 1. The van der Waals surface area contributed by atoms with Gasteiger partial charge in [0.25, 0.3) is 0 Å². The van der Waals surface area contributed by atoms with Crippen LogP contribution in [0.3, 0.4) is 0 Å². The summed E-state index contributed by atoms with van der Waals surface area (Å²) in [7, 11) is 1.42. The molecule has 0 spiro atoms. The number of ether oxygens (including phenoxy) is 2. The van der Waals surface area contributed by atoms with Crippen LogP contribution in [0.25, 0.3) is 0 Å². The van der Waals surface area contributed by atoms with Gasteiger partial charge in [0.05, 0.1) is 19.1 Å². The summed E-state index contributed by atoms with van der Waals surface area (Å²) in [5, 5.41) is 0. The summed E-state index contributed by atoms with van der Waals surface area (Å²) < 4.78 is 50.1. The number of alkyl halides is 3. The van der Waals surface area contributed by atoms with Gasteiger partial charge in [-0.05, 0) is 24.3 Å². The number of carbonyl (C=O) groups excluding carboxylic acids is 1. The molecule has 0 saturated heterocycles. The van der Waals surface area contributed by atoms with E-state index >= 15 is 0 Å². The van der Waals surface area contributed by atoms with Gasteiger partial charge in [-0.15, -0.1) is 0 Å². The van der Waals surface area contributed by atoms with Crippen molar-refractivity contribution in [2.45, 2.75) is 22.4 Å². The van der Waals surface area contributed by atoms with E-state index in [1.54, 1.807) is 30.3 Å². The molecule has 0 aliphatic carbocycles. The number of benzene rings is 2. The van der Waals surface area contributed by atoms with Gasteiger partial charge in [0.2, 0.25) is 0 Å². The first-order valence-corrected chi connectivity index (χ1v) is 7.87.